The maximum Gasteiger partial charge on any atom is 0.339 e. The van der Waals surface area contributed by atoms with Gasteiger partial charge in [-0.1, -0.05) is 36.7 Å². The molecule has 0 bridgehead atoms. The first-order valence-corrected chi connectivity index (χ1v) is 10.1. The van der Waals surface area contributed by atoms with E-state index in [4.69, 9.17) is 16.3 Å². The third-order valence-electron chi connectivity index (χ3n) is 5.37. The normalized spacial score (nSPS) is 15.0. The Labute approximate surface area is 180 Å². The number of methoxy groups -OCH3 is 1. The fourth-order valence-electron chi connectivity index (χ4n) is 3.96. The molecule has 2 aromatic carbocycles. The highest BCUT2D eigenvalue weighted by molar-refractivity contribution is 6.31. The molecule has 0 unspecified atom stereocenters. The standard InChI is InChI=1S/C23H22ClN3O3/c1-3-19-21-9-6-12-26(21)20-8-5-4-7-15(20)14-27(19)23(29)25-18-13-16(24)10-11-17(18)22(28)30-2/h4-13,19H,3,14H2,1-2H3,(H,25,29)/t19-/m0/s1. The van der Waals surface area contributed by atoms with Crippen molar-refractivity contribution in [1.82, 2.24) is 9.47 Å². The van der Waals surface area contributed by atoms with E-state index in [1.165, 1.54) is 7.11 Å². The highest BCUT2D eigenvalue weighted by atomic mass is 35.5. The van der Waals surface area contributed by atoms with Crippen LogP contribution in [0.15, 0.2) is 60.8 Å². The van der Waals surface area contributed by atoms with Gasteiger partial charge >= 0.3 is 12.0 Å². The van der Waals surface area contributed by atoms with Gasteiger partial charge < -0.3 is 19.5 Å². The minimum atomic E-state index is -0.538. The zero-order valence-corrected chi connectivity index (χ0v) is 17.5. The Bertz CT molecular complexity index is 1110. The molecule has 0 saturated heterocycles. The Morgan fingerprint density at radius 2 is 1.97 bits per heavy atom. The lowest BCUT2D eigenvalue weighted by Gasteiger charge is -2.30. The third kappa shape index (κ3) is 3.55. The SMILES string of the molecule is CC[C@H]1c2cccn2-c2ccccc2CN1C(=O)Nc1cc(Cl)ccc1C(=O)OC. The summed E-state index contributed by atoms with van der Waals surface area (Å²) in [5.74, 6) is -0.538. The van der Waals surface area contributed by atoms with Crippen molar-refractivity contribution >= 4 is 29.3 Å². The molecule has 1 atom stereocenters. The molecule has 0 aliphatic carbocycles. The van der Waals surface area contributed by atoms with Crippen LogP contribution in [0, 0.1) is 0 Å². The van der Waals surface area contributed by atoms with Crippen LogP contribution in [0.1, 0.15) is 41.0 Å². The van der Waals surface area contributed by atoms with Crippen LogP contribution in [-0.2, 0) is 11.3 Å². The molecule has 1 aliphatic rings. The maximum atomic E-state index is 13.4. The van der Waals surface area contributed by atoms with E-state index >= 15 is 0 Å². The summed E-state index contributed by atoms with van der Waals surface area (Å²) in [4.78, 5) is 27.3. The van der Waals surface area contributed by atoms with E-state index in [0.717, 1.165) is 23.4 Å². The number of esters is 1. The second-order valence-corrected chi connectivity index (χ2v) is 7.53. The smallest absolute Gasteiger partial charge is 0.339 e. The highest BCUT2D eigenvalue weighted by Gasteiger charge is 2.31. The zero-order valence-electron chi connectivity index (χ0n) is 16.8. The lowest BCUT2D eigenvalue weighted by molar-refractivity contribution is 0.0602. The molecule has 2 amide bonds. The van der Waals surface area contributed by atoms with Crippen LogP contribution >= 0.6 is 11.6 Å². The van der Waals surface area contributed by atoms with Crippen molar-refractivity contribution in [2.75, 3.05) is 12.4 Å². The number of aromatic nitrogens is 1. The Kier molecular flexibility index (Phi) is 5.50. The number of hydrogen-bond acceptors (Lipinski definition) is 3. The van der Waals surface area contributed by atoms with Crippen molar-refractivity contribution in [2.24, 2.45) is 0 Å². The van der Waals surface area contributed by atoms with E-state index in [1.807, 2.05) is 36.5 Å². The van der Waals surface area contributed by atoms with Gasteiger partial charge in [0, 0.05) is 16.9 Å². The molecule has 1 N–H and O–H groups in total. The molecule has 6 nitrogen and oxygen atoms in total. The van der Waals surface area contributed by atoms with Crippen molar-refractivity contribution in [3.8, 4) is 5.69 Å². The van der Waals surface area contributed by atoms with Crippen LogP contribution in [0.2, 0.25) is 5.02 Å². The van der Waals surface area contributed by atoms with E-state index < -0.39 is 5.97 Å². The number of rotatable bonds is 3. The Morgan fingerprint density at radius 3 is 2.73 bits per heavy atom. The fourth-order valence-corrected chi connectivity index (χ4v) is 4.13. The minimum Gasteiger partial charge on any atom is -0.465 e. The monoisotopic (exact) mass is 423 g/mol. The van der Waals surface area contributed by atoms with E-state index in [1.54, 1.807) is 23.1 Å². The maximum absolute atomic E-state index is 13.4. The lowest BCUT2D eigenvalue weighted by atomic mass is 10.1. The van der Waals surface area contributed by atoms with Gasteiger partial charge in [0.05, 0.1) is 36.6 Å². The zero-order chi connectivity index (χ0) is 21.3. The Morgan fingerprint density at radius 1 is 1.17 bits per heavy atom. The molecule has 154 valence electrons. The van der Waals surface area contributed by atoms with E-state index in [-0.39, 0.29) is 17.6 Å². The number of nitrogens with zero attached hydrogens (tertiary/aromatic N) is 2. The van der Waals surface area contributed by atoms with Gasteiger partial charge in [-0.05, 0) is 48.4 Å². The largest absolute Gasteiger partial charge is 0.465 e. The summed E-state index contributed by atoms with van der Waals surface area (Å²) in [6.45, 7) is 2.49. The van der Waals surface area contributed by atoms with Gasteiger partial charge in [0.25, 0.3) is 0 Å². The topological polar surface area (TPSA) is 63.6 Å². The first kappa shape index (κ1) is 20.0. The molecule has 0 spiro atoms. The van der Waals surface area contributed by atoms with Gasteiger partial charge in [-0.25, -0.2) is 9.59 Å². The van der Waals surface area contributed by atoms with Gasteiger partial charge in [0.15, 0.2) is 0 Å². The summed E-state index contributed by atoms with van der Waals surface area (Å²) in [7, 11) is 1.30. The molecule has 1 aromatic heterocycles. The summed E-state index contributed by atoms with van der Waals surface area (Å²) in [5.41, 5.74) is 3.71. The third-order valence-corrected chi connectivity index (χ3v) is 5.60. The number of amides is 2. The van der Waals surface area contributed by atoms with Crippen LogP contribution in [0.4, 0.5) is 10.5 Å². The average Bonchev–Trinajstić information content (AvgIpc) is 3.18. The molecule has 1 aliphatic heterocycles. The summed E-state index contributed by atoms with van der Waals surface area (Å²) >= 11 is 6.11. The summed E-state index contributed by atoms with van der Waals surface area (Å²) < 4.78 is 6.97. The molecule has 3 aromatic rings. The Balaban J connectivity index is 1.73. The molecule has 30 heavy (non-hydrogen) atoms. The average molecular weight is 424 g/mol. The predicted octanol–water partition coefficient (Wildman–Crippen LogP) is 5.42. The number of halogens is 1. The molecule has 4 rings (SSSR count). The number of benzene rings is 2. The molecule has 2 heterocycles. The first-order chi connectivity index (χ1) is 14.5. The van der Waals surface area contributed by atoms with Crippen molar-refractivity contribution < 1.29 is 14.3 Å². The lowest BCUT2D eigenvalue weighted by Crippen LogP contribution is -2.37. The van der Waals surface area contributed by atoms with Crippen LogP contribution in [0.25, 0.3) is 5.69 Å². The number of hydrogen-bond donors (Lipinski definition) is 1. The van der Waals surface area contributed by atoms with Gasteiger partial charge in [0.2, 0.25) is 0 Å². The molecular formula is C23H22ClN3O3. The minimum absolute atomic E-state index is 0.131. The van der Waals surface area contributed by atoms with Crippen molar-refractivity contribution in [2.45, 2.75) is 25.9 Å². The number of para-hydroxylation sites is 1. The van der Waals surface area contributed by atoms with Gasteiger partial charge in [-0.15, -0.1) is 0 Å². The van der Waals surface area contributed by atoms with Crippen LogP contribution in [0.5, 0.6) is 0 Å². The van der Waals surface area contributed by atoms with Crippen LogP contribution < -0.4 is 5.32 Å². The van der Waals surface area contributed by atoms with Gasteiger partial charge in [0.1, 0.15) is 0 Å². The molecule has 0 radical (unpaired) electrons. The highest BCUT2D eigenvalue weighted by Crippen LogP contribution is 2.34. The number of urea groups is 1. The first-order valence-electron chi connectivity index (χ1n) is 9.74. The molecule has 0 fully saturated rings. The second-order valence-electron chi connectivity index (χ2n) is 7.10. The number of ether oxygens (including phenoxy) is 1. The second kappa shape index (κ2) is 8.24. The van der Waals surface area contributed by atoms with E-state index in [2.05, 4.69) is 22.9 Å². The number of carbonyl (C=O) groups is 2. The summed E-state index contributed by atoms with van der Waals surface area (Å²) in [5, 5.41) is 3.29. The van der Waals surface area contributed by atoms with Crippen LogP contribution in [0.3, 0.4) is 0 Å². The number of carbonyl (C=O) groups excluding carboxylic acids is 2. The van der Waals surface area contributed by atoms with E-state index in [9.17, 15) is 9.59 Å². The van der Waals surface area contributed by atoms with Gasteiger partial charge in [-0.2, -0.15) is 0 Å². The molecule has 7 heteroatoms. The van der Waals surface area contributed by atoms with Crippen LogP contribution in [-0.4, -0.2) is 28.6 Å². The number of nitrogens with one attached hydrogen (secondary N) is 1. The molecular weight excluding hydrogens is 402 g/mol. The summed E-state index contributed by atoms with van der Waals surface area (Å²) in [6.07, 6.45) is 2.76. The fraction of sp³-hybridized carbons (Fsp3) is 0.217. The molecule has 0 saturated carbocycles. The number of anilines is 1. The predicted molar refractivity (Wildman–Crippen MR) is 116 cm³/mol. The van der Waals surface area contributed by atoms with Crippen molar-refractivity contribution in [3.63, 3.8) is 0 Å². The van der Waals surface area contributed by atoms with Crippen molar-refractivity contribution in [1.29, 1.82) is 0 Å². The van der Waals surface area contributed by atoms with E-state index in [0.29, 0.717) is 17.3 Å². The van der Waals surface area contributed by atoms with Gasteiger partial charge in [-0.3, -0.25) is 0 Å². The summed E-state index contributed by atoms with van der Waals surface area (Å²) in [6, 6.07) is 16.3. The quantitative estimate of drug-likeness (QED) is 0.572. The number of fused-ring (bicyclic) bond motifs is 3. The Hall–Kier alpha value is -3.25. The van der Waals surface area contributed by atoms with Crippen molar-refractivity contribution in [3.05, 3.63) is 82.6 Å².